The lowest BCUT2D eigenvalue weighted by Gasteiger charge is -2.27. The maximum atomic E-state index is 11.0. The van der Waals surface area contributed by atoms with Gasteiger partial charge in [0.1, 0.15) is 5.75 Å². The lowest BCUT2D eigenvalue weighted by Crippen LogP contribution is -2.41. The second-order valence-corrected chi connectivity index (χ2v) is 9.90. The van der Waals surface area contributed by atoms with Crippen LogP contribution in [-0.2, 0) is 15.5 Å². The highest BCUT2D eigenvalue weighted by molar-refractivity contribution is 7.46. The quantitative estimate of drug-likeness (QED) is 0.414. The molecular formula is C21H34NO5P. The molecule has 0 unspecified atom stereocenters. The molecule has 0 amide bonds. The summed E-state index contributed by atoms with van der Waals surface area (Å²) in [6.07, 6.45) is 9.74. The second kappa shape index (κ2) is 9.27. The largest absolute Gasteiger partial charge is 0.493 e. The van der Waals surface area contributed by atoms with E-state index in [-0.39, 0.29) is 12.5 Å². The van der Waals surface area contributed by atoms with Crippen LogP contribution in [0.2, 0.25) is 0 Å². The predicted molar refractivity (Wildman–Crippen MR) is 109 cm³/mol. The second-order valence-electron chi connectivity index (χ2n) is 8.66. The van der Waals surface area contributed by atoms with Crippen LogP contribution in [0.3, 0.4) is 0 Å². The molecule has 0 saturated heterocycles. The van der Waals surface area contributed by atoms with Gasteiger partial charge in [-0.05, 0) is 61.1 Å². The van der Waals surface area contributed by atoms with Crippen molar-refractivity contribution in [3.8, 4) is 5.75 Å². The van der Waals surface area contributed by atoms with Gasteiger partial charge in [0.15, 0.2) is 0 Å². The highest BCUT2D eigenvalue weighted by Crippen LogP contribution is 2.44. The Kier molecular flexibility index (Phi) is 7.21. The number of benzene rings is 1. The zero-order valence-corrected chi connectivity index (χ0v) is 17.7. The summed E-state index contributed by atoms with van der Waals surface area (Å²) in [4.78, 5) is 17.9. The normalized spacial score (nSPS) is 27.4. The summed E-state index contributed by atoms with van der Waals surface area (Å²) in [6.45, 7) is 2.92. The number of fused-ring (bicyclic) bond motifs is 1. The first-order valence-corrected chi connectivity index (χ1v) is 12.1. The molecule has 1 aromatic rings. The van der Waals surface area contributed by atoms with Gasteiger partial charge in [0.05, 0.1) is 13.2 Å². The van der Waals surface area contributed by atoms with Crippen molar-refractivity contribution in [2.75, 3.05) is 13.2 Å². The summed E-state index contributed by atoms with van der Waals surface area (Å²) in [5.74, 6) is 1.87. The summed E-state index contributed by atoms with van der Waals surface area (Å²) >= 11 is 0. The van der Waals surface area contributed by atoms with Crippen LogP contribution < -0.4 is 10.5 Å². The zero-order chi connectivity index (χ0) is 20.2. The summed E-state index contributed by atoms with van der Waals surface area (Å²) in [6, 6.07) is 6.50. The van der Waals surface area contributed by atoms with Crippen LogP contribution >= 0.6 is 7.82 Å². The van der Waals surface area contributed by atoms with E-state index in [1.54, 1.807) is 0 Å². The molecule has 4 N–H and O–H groups in total. The predicted octanol–water partition coefficient (Wildman–Crippen LogP) is 4.28. The first-order valence-electron chi connectivity index (χ1n) is 10.5. The van der Waals surface area contributed by atoms with Crippen LogP contribution in [0.1, 0.15) is 75.3 Å². The maximum Gasteiger partial charge on any atom is 0.469 e. The molecule has 2 aliphatic rings. The van der Waals surface area contributed by atoms with E-state index in [1.807, 2.05) is 0 Å². The van der Waals surface area contributed by atoms with Crippen molar-refractivity contribution in [2.24, 2.45) is 11.7 Å². The monoisotopic (exact) mass is 411 g/mol. The summed E-state index contributed by atoms with van der Waals surface area (Å²) in [7, 11) is -4.49. The molecule has 1 heterocycles. The molecule has 1 aliphatic heterocycles. The van der Waals surface area contributed by atoms with Gasteiger partial charge in [-0.2, -0.15) is 0 Å². The Morgan fingerprint density at radius 1 is 1.32 bits per heavy atom. The highest BCUT2D eigenvalue weighted by atomic mass is 31.2. The van der Waals surface area contributed by atoms with Gasteiger partial charge in [0.25, 0.3) is 0 Å². The Bertz CT molecular complexity index is 706. The third kappa shape index (κ3) is 6.04. The minimum atomic E-state index is -4.49. The molecule has 0 radical (unpaired) electrons. The van der Waals surface area contributed by atoms with Gasteiger partial charge in [0.2, 0.25) is 0 Å². The molecule has 6 nitrogen and oxygen atoms in total. The maximum absolute atomic E-state index is 11.0. The Balaban J connectivity index is 1.56. The number of hydrogen-bond donors (Lipinski definition) is 3. The fourth-order valence-corrected chi connectivity index (χ4v) is 4.96. The van der Waals surface area contributed by atoms with Crippen LogP contribution in [-0.4, -0.2) is 28.5 Å². The van der Waals surface area contributed by atoms with Crippen molar-refractivity contribution in [1.29, 1.82) is 0 Å². The molecule has 0 aromatic heterocycles. The van der Waals surface area contributed by atoms with E-state index in [0.29, 0.717) is 18.8 Å². The molecule has 158 valence electrons. The first kappa shape index (κ1) is 21.8. The summed E-state index contributed by atoms with van der Waals surface area (Å²) in [5, 5.41) is 0. The van der Waals surface area contributed by atoms with Crippen molar-refractivity contribution >= 4 is 7.82 Å². The Labute approximate surface area is 168 Å². The molecule has 7 heteroatoms. The van der Waals surface area contributed by atoms with Crippen LogP contribution in [0.5, 0.6) is 5.75 Å². The smallest absolute Gasteiger partial charge is 0.469 e. The summed E-state index contributed by atoms with van der Waals surface area (Å²) < 4.78 is 21.7. The van der Waals surface area contributed by atoms with Gasteiger partial charge in [-0.1, -0.05) is 44.7 Å². The first-order chi connectivity index (χ1) is 13.3. The van der Waals surface area contributed by atoms with Gasteiger partial charge in [-0.3, -0.25) is 4.52 Å². The molecule has 1 aliphatic carbocycles. The lowest BCUT2D eigenvalue weighted by atomic mass is 9.88. The number of hydrogen-bond acceptors (Lipinski definition) is 4. The molecular weight excluding hydrogens is 377 g/mol. The van der Waals surface area contributed by atoms with Crippen molar-refractivity contribution in [3.05, 3.63) is 29.3 Å². The van der Waals surface area contributed by atoms with E-state index in [9.17, 15) is 4.57 Å². The van der Waals surface area contributed by atoms with Crippen molar-refractivity contribution in [1.82, 2.24) is 0 Å². The molecule has 1 fully saturated rings. The lowest BCUT2D eigenvalue weighted by molar-refractivity contribution is 0.153. The third-order valence-electron chi connectivity index (χ3n) is 6.18. The molecule has 0 spiro atoms. The SMILES string of the molecule is CCCCCC[C@H]1COc2cc([C@H]3CC[C@](N)(COP(=O)(O)O)C3)ccc2C1. The van der Waals surface area contributed by atoms with Crippen LogP contribution in [0.25, 0.3) is 0 Å². The van der Waals surface area contributed by atoms with Gasteiger partial charge >= 0.3 is 7.82 Å². The number of ether oxygens (including phenoxy) is 1. The van der Waals surface area contributed by atoms with E-state index in [2.05, 4.69) is 29.6 Å². The number of phosphoric acid groups is 1. The number of unbranched alkanes of at least 4 members (excludes halogenated alkanes) is 3. The van der Waals surface area contributed by atoms with Crippen molar-refractivity contribution in [2.45, 2.75) is 76.2 Å². The molecule has 28 heavy (non-hydrogen) atoms. The van der Waals surface area contributed by atoms with E-state index < -0.39 is 13.4 Å². The average molecular weight is 411 g/mol. The third-order valence-corrected chi connectivity index (χ3v) is 6.64. The molecule has 1 saturated carbocycles. The van der Waals surface area contributed by atoms with Crippen LogP contribution in [0.4, 0.5) is 0 Å². The van der Waals surface area contributed by atoms with Gasteiger partial charge in [0, 0.05) is 5.54 Å². The average Bonchev–Trinajstić information content (AvgIpc) is 3.05. The van der Waals surface area contributed by atoms with Crippen molar-refractivity contribution < 1.29 is 23.6 Å². The highest BCUT2D eigenvalue weighted by Gasteiger charge is 2.38. The zero-order valence-electron chi connectivity index (χ0n) is 16.8. The standard InChI is InChI=1S/C21H34NO5P/c1-2-3-4-5-6-16-11-18-8-7-17(12-20(18)26-14-16)19-9-10-21(22,13-19)15-27-28(23,24)25/h7-8,12,16,19H,2-6,9-11,13-15,22H2,1H3,(H2,23,24,25)/t16-,19+,21-/m1/s1. The number of rotatable bonds is 9. The Morgan fingerprint density at radius 2 is 2.14 bits per heavy atom. The van der Waals surface area contributed by atoms with E-state index in [4.69, 9.17) is 20.3 Å². The molecule has 0 bridgehead atoms. The van der Waals surface area contributed by atoms with Gasteiger partial charge < -0.3 is 20.3 Å². The molecule has 3 atom stereocenters. The fourth-order valence-electron chi connectivity index (χ4n) is 4.54. The fraction of sp³-hybridized carbons (Fsp3) is 0.714. The van der Waals surface area contributed by atoms with Gasteiger partial charge in [-0.15, -0.1) is 0 Å². The van der Waals surface area contributed by atoms with Crippen molar-refractivity contribution in [3.63, 3.8) is 0 Å². The van der Waals surface area contributed by atoms with Gasteiger partial charge in [-0.25, -0.2) is 4.57 Å². The minimum Gasteiger partial charge on any atom is -0.493 e. The van der Waals surface area contributed by atoms with E-state index >= 15 is 0 Å². The van der Waals surface area contributed by atoms with Crippen LogP contribution in [0, 0.1) is 5.92 Å². The molecule has 1 aromatic carbocycles. The number of nitrogens with two attached hydrogens (primary N) is 1. The Morgan fingerprint density at radius 3 is 2.89 bits per heavy atom. The van der Waals surface area contributed by atoms with E-state index in [1.165, 1.54) is 43.2 Å². The van der Waals surface area contributed by atoms with Crippen LogP contribution in [0.15, 0.2) is 18.2 Å². The summed E-state index contributed by atoms with van der Waals surface area (Å²) in [5.41, 5.74) is 8.12. The number of phosphoric ester groups is 1. The molecule has 3 rings (SSSR count). The minimum absolute atomic E-state index is 0.116. The van der Waals surface area contributed by atoms with E-state index in [0.717, 1.165) is 25.2 Å². The Hall–Kier alpha value is -0.910. The topological polar surface area (TPSA) is 102 Å².